The number of rotatable bonds is 0. The largest absolute Gasteiger partial charge is 0.0616 e. The fraction of sp³-hybridized carbons (Fsp3) is 0. The standard InChI is InChI=1S/2C26H14.C20H12/c1-4-16-10-11-17-12-13-21-19-8-2-5-15-6-3-9-20(24(15)19)22-14-18(7-1)23(16)25(17)26(21)22;1-3-9-17-15(7-1)19-11-5-13-22-24-18-10-4-2-8-16(18)20-12-6-14-21(26(20)24)23(17)25(19)22;1-5-13-6-2-11-17-18-12-4-8-14-7-3-10-16(20(14)18)15(9-1)19(13)17/h2*1-14H;1-12H. The Balaban J connectivity index is 0.0000000906. The van der Waals surface area contributed by atoms with Gasteiger partial charge in [-0.05, 0) is 178 Å². The maximum absolute atomic E-state index is 2.40. The molecule has 0 fully saturated rings. The Morgan fingerprint density at radius 1 is 0.111 bits per heavy atom. The summed E-state index contributed by atoms with van der Waals surface area (Å²) in [7, 11) is 0. The van der Waals surface area contributed by atoms with Crippen molar-refractivity contribution in [2.24, 2.45) is 0 Å². The van der Waals surface area contributed by atoms with Gasteiger partial charge in [0.2, 0.25) is 0 Å². The number of benzene rings is 17. The predicted molar refractivity (Wildman–Crippen MR) is 315 cm³/mol. The Morgan fingerprint density at radius 3 is 0.764 bits per heavy atom. The van der Waals surface area contributed by atoms with E-state index in [2.05, 4.69) is 243 Å². The first-order valence-electron chi connectivity index (χ1n) is 25.2. The molecule has 0 saturated carbocycles. The van der Waals surface area contributed by atoms with E-state index in [0.717, 1.165) is 0 Å². The lowest BCUT2D eigenvalue weighted by atomic mass is 9.85. The van der Waals surface area contributed by atoms with E-state index in [-0.39, 0.29) is 0 Å². The molecule has 0 amide bonds. The Morgan fingerprint density at radius 2 is 0.347 bits per heavy atom. The smallest absolute Gasteiger partial charge is 0.00137 e. The molecular weight excluding hydrogens is 865 g/mol. The molecule has 0 aliphatic carbocycles. The summed E-state index contributed by atoms with van der Waals surface area (Å²) < 4.78 is 0. The third-order valence-electron chi connectivity index (χ3n) is 16.6. The van der Waals surface area contributed by atoms with Crippen LogP contribution in [0.25, 0.3) is 172 Å². The summed E-state index contributed by atoms with van der Waals surface area (Å²) in [6.45, 7) is 0. The minimum atomic E-state index is 1.32. The Kier molecular flexibility index (Phi) is 7.55. The van der Waals surface area contributed by atoms with Gasteiger partial charge >= 0.3 is 0 Å². The van der Waals surface area contributed by atoms with Crippen molar-refractivity contribution in [2.45, 2.75) is 0 Å². The molecule has 0 unspecified atom stereocenters. The van der Waals surface area contributed by atoms with Gasteiger partial charge in [0, 0.05) is 0 Å². The van der Waals surface area contributed by atoms with Crippen molar-refractivity contribution >= 4 is 172 Å². The summed E-state index contributed by atoms with van der Waals surface area (Å²) in [5.74, 6) is 0. The van der Waals surface area contributed by atoms with Gasteiger partial charge in [-0.25, -0.2) is 0 Å². The van der Waals surface area contributed by atoms with Gasteiger partial charge in [-0.15, -0.1) is 0 Å². The highest BCUT2D eigenvalue weighted by molar-refractivity contribution is 6.48. The molecule has 19 aromatic rings. The number of hydrogen-bond donors (Lipinski definition) is 0. The average Bonchev–Trinajstić information content (AvgIpc) is 3.97. The van der Waals surface area contributed by atoms with E-state index in [0.29, 0.717) is 0 Å². The first kappa shape index (κ1) is 38.5. The van der Waals surface area contributed by atoms with Gasteiger partial charge in [-0.2, -0.15) is 0 Å². The van der Waals surface area contributed by atoms with Gasteiger partial charge in [0.05, 0.1) is 0 Å². The highest BCUT2D eigenvalue weighted by atomic mass is 14.2. The second kappa shape index (κ2) is 14.1. The van der Waals surface area contributed by atoms with Crippen molar-refractivity contribution in [2.75, 3.05) is 0 Å². The molecule has 0 aliphatic rings. The Hall–Kier alpha value is -9.36. The third kappa shape index (κ3) is 4.95. The van der Waals surface area contributed by atoms with Crippen LogP contribution in [0, 0.1) is 0 Å². The fourth-order valence-electron chi connectivity index (χ4n) is 13.9. The van der Waals surface area contributed by atoms with Crippen LogP contribution < -0.4 is 0 Å². The van der Waals surface area contributed by atoms with Crippen LogP contribution in [-0.4, -0.2) is 0 Å². The number of fused-ring (bicyclic) bond motifs is 12. The molecule has 72 heavy (non-hydrogen) atoms. The second-order valence-corrected chi connectivity index (χ2v) is 20.1. The molecule has 0 aliphatic heterocycles. The molecular formula is C72H40. The molecule has 0 nitrogen and oxygen atoms in total. The van der Waals surface area contributed by atoms with Crippen LogP contribution in [0.1, 0.15) is 0 Å². The third-order valence-corrected chi connectivity index (χ3v) is 16.6. The maximum Gasteiger partial charge on any atom is -0.00137 e. The van der Waals surface area contributed by atoms with Crippen LogP contribution in [0.3, 0.4) is 0 Å². The SMILES string of the molecule is c1cc2ccc3ccc4c5cccc6cccc(c7cc(c1)c2c3c47)c65.c1cc2cccc3c4cccc5cccc(c(c1)c23)c54.c1ccc2c(c1)c1cccc3c4c5ccccc5c5cccc(c2c13)c54. The monoisotopic (exact) mass is 904 g/mol. The Bertz CT molecular complexity index is 5080. The van der Waals surface area contributed by atoms with Crippen LogP contribution in [-0.2, 0) is 0 Å². The molecule has 19 rings (SSSR count). The van der Waals surface area contributed by atoms with Crippen LogP contribution in [0.15, 0.2) is 243 Å². The molecule has 0 heteroatoms. The van der Waals surface area contributed by atoms with E-state index in [1.807, 2.05) is 0 Å². The molecule has 0 radical (unpaired) electrons. The van der Waals surface area contributed by atoms with Crippen molar-refractivity contribution in [3.63, 3.8) is 0 Å². The van der Waals surface area contributed by atoms with Gasteiger partial charge in [0.15, 0.2) is 0 Å². The lowest BCUT2D eigenvalue weighted by Gasteiger charge is -2.18. The van der Waals surface area contributed by atoms with Crippen molar-refractivity contribution in [1.82, 2.24) is 0 Å². The van der Waals surface area contributed by atoms with Gasteiger partial charge in [0.25, 0.3) is 0 Å². The summed E-state index contributed by atoms with van der Waals surface area (Å²) >= 11 is 0. The van der Waals surface area contributed by atoms with Gasteiger partial charge in [-0.3, -0.25) is 0 Å². The quantitative estimate of drug-likeness (QED) is 0.105. The van der Waals surface area contributed by atoms with E-state index >= 15 is 0 Å². The van der Waals surface area contributed by atoms with E-state index in [1.54, 1.807) is 0 Å². The van der Waals surface area contributed by atoms with Crippen molar-refractivity contribution in [3.05, 3.63) is 243 Å². The van der Waals surface area contributed by atoms with E-state index < -0.39 is 0 Å². The topological polar surface area (TPSA) is 0 Å². The van der Waals surface area contributed by atoms with Crippen LogP contribution in [0.4, 0.5) is 0 Å². The fourth-order valence-corrected chi connectivity index (χ4v) is 13.9. The lowest BCUT2D eigenvalue weighted by molar-refractivity contribution is 1.78. The summed E-state index contributed by atoms with van der Waals surface area (Å²) in [6.07, 6.45) is 0. The van der Waals surface area contributed by atoms with E-state index in [1.165, 1.54) is 172 Å². The lowest BCUT2D eigenvalue weighted by Crippen LogP contribution is -1.90. The molecule has 328 valence electrons. The van der Waals surface area contributed by atoms with Gasteiger partial charge < -0.3 is 0 Å². The summed E-state index contributed by atoms with van der Waals surface area (Å²) in [5.41, 5.74) is 0. The van der Waals surface area contributed by atoms with Crippen LogP contribution >= 0.6 is 0 Å². The average molecular weight is 905 g/mol. The summed E-state index contributed by atoms with van der Waals surface area (Å²) in [5, 5.41) is 44.0. The summed E-state index contributed by atoms with van der Waals surface area (Å²) in [4.78, 5) is 0. The van der Waals surface area contributed by atoms with Crippen LogP contribution in [0.2, 0.25) is 0 Å². The Labute approximate surface area is 412 Å². The highest BCUT2D eigenvalue weighted by Crippen LogP contribution is 2.50. The molecule has 0 N–H and O–H groups in total. The van der Waals surface area contributed by atoms with E-state index in [9.17, 15) is 0 Å². The molecule has 0 spiro atoms. The van der Waals surface area contributed by atoms with E-state index in [4.69, 9.17) is 0 Å². The molecule has 0 heterocycles. The normalized spacial score (nSPS) is 12.4. The zero-order valence-corrected chi connectivity index (χ0v) is 39.1. The van der Waals surface area contributed by atoms with Crippen molar-refractivity contribution < 1.29 is 0 Å². The summed E-state index contributed by atoms with van der Waals surface area (Å²) in [6, 6.07) is 89.3. The van der Waals surface area contributed by atoms with Crippen LogP contribution in [0.5, 0.6) is 0 Å². The molecule has 19 aromatic carbocycles. The van der Waals surface area contributed by atoms with Crippen molar-refractivity contribution in [1.29, 1.82) is 0 Å². The number of hydrogen-bond acceptors (Lipinski definition) is 0. The first-order valence-corrected chi connectivity index (χ1v) is 25.2. The minimum Gasteiger partial charge on any atom is -0.0616 e. The molecule has 0 saturated heterocycles. The predicted octanol–water partition coefficient (Wildman–Crippen LogP) is 20.7. The minimum absolute atomic E-state index is 1.32. The zero-order valence-electron chi connectivity index (χ0n) is 39.1. The zero-order chi connectivity index (χ0) is 46.8. The van der Waals surface area contributed by atoms with Crippen molar-refractivity contribution in [3.8, 4) is 0 Å². The molecule has 0 aromatic heterocycles. The molecule has 0 bridgehead atoms. The molecule has 0 atom stereocenters. The second-order valence-electron chi connectivity index (χ2n) is 20.1. The van der Waals surface area contributed by atoms with Gasteiger partial charge in [0.1, 0.15) is 0 Å². The highest BCUT2D eigenvalue weighted by Gasteiger charge is 2.22. The van der Waals surface area contributed by atoms with Gasteiger partial charge in [-0.1, -0.05) is 237 Å². The first-order chi connectivity index (χ1) is 35.8. The maximum atomic E-state index is 2.40.